The third-order valence-electron chi connectivity index (χ3n) is 18.9. The lowest BCUT2D eigenvalue weighted by Crippen LogP contribution is -2.61. The van der Waals surface area contributed by atoms with Crippen molar-refractivity contribution >= 4 is 87.8 Å². The molecular weight excluding hydrogens is 1260 g/mol. The number of aromatic nitrogens is 1. The van der Waals surface area contributed by atoms with E-state index in [1.54, 1.807) is 62.3 Å². The first-order chi connectivity index (χ1) is 45.6. The van der Waals surface area contributed by atoms with Crippen molar-refractivity contribution in [2.45, 2.75) is 202 Å². The van der Waals surface area contributed by atoms with Crippen molar-refractivity contribution in [2.75, 3.05) is 66.7 Å². The summed E-state index contributed by atoms with van der Waals surface area (Å²) in [5, 5.41) is 10.8. The van der Waals surface area contributed by atoms with Crippen LogP contribution < -0.4 is 37.2 Å². The Bertz CT molecular complexity index is 3590. The standard InChI is InChI=1S/C68H98N12O17/c1-18-19-20-21-28-94-43-29-40(59(84)73-50-38(12)95-67(92)54(34(6)7)77(16)44(81)30-75(14)63(88)41-24-22-26-79(41)65(90)48(32(2)3)71-61(50)86)52-57(36(43)10)97-58-37(11)56(83)47(69)46(53(58)70-52)60(85)74-51-39(13)96-68(93)55(35(8)9)78(17)45(82)31-76(15)64(89)42-25-23-27-80(42)66(91)49(33(4)5)72-62(51)87/h29,32-35,38-39,41-42,48-51,54-55H,18-28,30-31,69H2,1-17H3,(H,71,86)(H,72,87)(H,73,84)(H,74,85)/t38-,39+,41-,42+,48-,49+,50+,51-,54+,55-/m1/s1. The van der Waals surface area contributed by atoms with Crippen LogP contribution in [0.4, 0.5) is 5.69 Å². The first kappa shape index (κ1) is 75.5. The second kappa shape index (κ2) is 31.5. The molecule has 6 N–H and O–H groups in total. The van der Waals surface area contributed by atoms with Gasteiger partial charge in [-0.25, -0.2) is 14.6 Å². The van der Waals surface area contributed by atoms with Crippen LogP contribution in [0.15, 0.2) is 15.3 Å². The Kier molecular flexibility index (Phi) is 24.5. The number of nitrogens with zero attached hydrogens (tertiary/aromatic N) is 7. The van der Waals surface area contributed by atoms with Crippen LogP contribution in [0, 0.1) is 37.5 Å². The molecule has 4 fully saturated rings. The van der Waals surface area contributed by atoms with Crippen LogP contribution in [0.3, 0.4) is 0 Å². The van der Waals surface area contributed by atoms with E-state index in [1.807, 2.05) is 6.92 Å². The van der Waals surface area contributed by atoms with E-state index in [9.17, 15) is 43.2 Å². The average Bonchev–Trinajstić information content (AvgIpc) is 0.956. The van der Waals surface area contributed by atoms with Gasteiger partial charge in [-0.3, -0.25) is 52.7 Å². The summed E-state index contributed by atoms with van der Waals surface area (Å²) >= 11 is 0. The third-order valence-corrected chi connectivity index (χ3v) is 18.9. The summed E-state index contributed by atoms with van der Waals surface area (Å²) in [6.45, 7) is 20.6. The predicted octanol–water partition coefficient (Wildman–Crippen LogP) is 2.68. The number of ether oxygens (including phenoxy) is 3. The van der Waals surface area contributed by atoms with Gasteiger partial charge in [-0.15, -0.1) is 0 Å². The molecule has 0 spiro atoms. The highest BCUT2D eigenvalue weighted by Crippen LogP contribution is 2.38. The minimum Gasteiger partial charge on any atom is -0.493 e. The zero-order valence-electron chi connectivity index (χ0n) is 59.0. The number of amides is 10. The first-order valence-electron chi connectivity index (χ1n) is 33.6. The van der Waals surface area contributed by atoms with E-state index in [0.29, 0.717) is 19.3 Å². The predicted molar refractivity (Wildman–Crippen MR) is 355 cm³/mol. The molecule has 10 atom stereocenters. The van der Waals surface area contributed by atoms with Crippen LogP contribution in [0.2, 0.25) is 0 Å². The van der Waals surface area contributed by atoms with Gasteiger partial charge in [-0.1, -0.05) is 81.6 Å². The molecule has 5 aliphatic heterocycles. The topological polar surface area (TPSA) is 369 Å². The van der Waals surface area contributed by atoms with E-state index in [2.05, 4.69) is 21.3 Å². The van der Waals surface area contributed by atoms with Crippen molar-refractivity contribution in [3.8, 4) is 17.2 Å². The number of aryl methyl sites for hydroxylation is 1. The number of benzene rings is 2. The molecule has 29 nitrogen and oxygen atoms in total. The van der Waals surface area contributed by atoms with E-state index < -0.39 is 191 Å². The molecule has 5 heterocycles. The molecular formula is C68H98N12O17. The zero-order valence-corrected chi connectivity index (χ0v) is 59.0. The van der Waals surface area contributed by atoms with Crippen molar-refractivity contribution < 1.29 is 76.2 Å². The first-order valence-corrected chi connectivity index (χ1v) is 33.6. The highest BCUT2D eigenvalue weighted by Gasteiger charge is 2.47. The smallest absolute Gasteiger partial charge is 0.329 e. The van der Waals surface area contributed by atoms with Gasteiger partial charge in [0, 0.05) is 52.4 Å². The number of anilines is 1. The van der Waals surface area contributed by atoms with Crippen molar-refractivity contribution in [2.24, 2.45) is 23.7 Å². The Morgan fingerprint density at radius 2 is 1.09 bits per heavy atom. The van der Waals surface area contributed by atoms with Crippen molar-refractivity contribution in [3.63, 3.8) is 0 Å². The van der Waals surface area contributed by atoms with Gasteiger partial charge < -0.3 is 75.0 Å². The van der Waals surface area contributed by atoms with Gasteiger partial charge in [-0.2, -0.15) is 0 Å². The van der Waals surface area contributed by atoms with Gasteiger partial charge in [-0.05, 0) is 89.5 Å². The van der Waals surface area contributed by atoms with Gasteiger partial charge in [0.25, 0.3) is 11.8 Å². The molecule has 29 heteroatoms. The number of carbonyl (C=O) groups excluding carboxylic acids is 12. The normalized spacial score (nSPS) is 25.2. The maximum atomic E-state index is 15.6. The number of hydrogen-bond donors (Lipinski definition) is 5. The molecule has 532 valence electrons. The van der Waals surface area contributed by atoms with Crippen LogP contribution >= 0.6 is 0 Å². The number of hydrogen-bond acceptors (Lipinski definition) is 19. The summed E-state index contributed by atoms with van der Waals surface area (Å²) in [5.41, 5.74) is 3.31. The summed E-state index contributed by atoms with van der Waals surface area (Å²) in [4.78, 5) is 202. The second-order valence-electron chi connectivity index (χ2n) is 27.6. The summed E-state index contributed by atoms with van der Waals surface area (Å²) in [7, 11) is 5.60. The number of carbonyl (C=O) groups is 12. The quantitative estimate of drug-likeness (QED) is 0.0670. The molecule has 0 radical (unpaired) electrons. The third kappa shape index (κ3) is 16.1. The summed E-state index contributed by atoms with van der Waals surface area (Å²) < 4.78 is 25.0. The number of nitrogens with one attached hydrogen (secondary N) is 4. The molecule has 0 unspecified atom stereocenters. The maximum Gasteiger partial charge on any atom is 0.329 e. The van der Waals surface area contributed by atoms with E-state index >= 15 is 19.2 Å². The number of rotatable bonds is 14. The summed E-state index contributed by atoms with van der Waals surface area (Å²) in [6.07, 6.45) is 1.47. The Labute approximate surface area is 565 Å². The zero-order chi connectivity index (χ0) is 72.1. The van der Waals surface area contributed by atoms with Gasteiger partial charge >= 0.3 is 11.9 Å². The minimum atomic E-state index is -1.91. The van der Waals surface area contributed by atoms with E-state index in [4.69, 9.17) is 29.3 Å². The second-order valence-corrected chi connectivity index (χ2v) is 27.6. The summed E-state index contributed by atoms with van der Waals surface area (Å²) in [6, 6.07) is -9.55. The molecule has 0 bridgehead atoms. The molecule has 7 rings (SSSR count). The van der Waals surface area contributed by atoms with Crippen LogP contribution in [0.25, 0.3) is 22.6 Å². The molecule has 1 aromatic rings. The van der Waals surface area contributed by atoms with Crippen LogP contribution in [0.1, 0.15) is 159 Å². The van der Waals surface area contributed by atoms with E-state index in [0.717, 1.165) is 29.1 Å². The van der Waals surface area contributed by atoms with Gasteiger partial charge in [0.1, 0.15) is 77.5 Å². The highest BCUT2D eigenvalue weighted by atomic mass is 16.6. The Morgan fingerprint density at radius 3 is 1.53 bits per heavy atom. The maximum absolute atomic E-state index is 15.6. The van der Waals surface area contributed by atoms with E-state index in [1.165, 1.54) is 74.6 Å². The largest absolute Gasteiger partial charge is 0.493 e. The molecule has 10 amide bonds. The fourth-order valence-corrected chi connectivity index (χ4v) is 13.2. The van der Waals surface area contributed by atoms with Gasteiger partial charge in [0.15, 0.2) is 11.3 Å². The highest BCUT2D eigenvalue weighted by molar-refractivity contribution is 6.11. The number of fused-ring (bicyclic) bond motifs is 4. The fourth-order valence-electron chi connectivity index (χ4n) is 13.2. The SMILES string of the molecule is CCCCCCOc1cc(C(=O)N[C@@H]2C(=O)N[C@H](C(C)C)C(=O)N3CCC[C@@H]3C(=O)N(C)CC(=O)N(C)[C@@H](C(C)C)C(=O)O[C@@H]2C)c2nc3c(C(=O)N[C@H]4C(=O)N[C@@H](C(C)C)C(=O)N5CCC[C@H]5C(=O)N(C)CC(=O)N(C)[C@H](C(C)C)C(=O)O[C@H]4C)c(N)c(=O)c(C)c-3oc2c1C. The fraction of sp³-hybridized carbons (Fsp3) is 0.647. The van der Waals surface area contributed by atoms with Crippen molar-refractivity contribution in [1.82, 2.24) is 55.7 Å². The lowest BCUT2D eigenvalue weighted by atomic mass is 9.98. The Hall–Kier alpha value is -8.92. The number of esters is 2. The van der Waals surface area contributed by atoms with Crippen LogP contribution in [-0.2, 0) is 57.4 Å². The lowest BCUT2D eigenvalue weighted by Gasteiger charge is -2.36. The molecule has 0 saturated carbocycles. The number of unbranched alkanes of at least 4 members (excludes halogenated alkanes) is 3. The van der Waals surface area contributed by atoms with Crippen LogP contribution in [0.5, 0.6) is 5.75 Å². The Balaban J connectivity index is 1.39. The molecule has 1 aromatic carbocycles. The van der Waals surface area contributed by atoms with Gasteiger partial charge in [0.2, 0.25) is 52.7 Å². The summed E-state index contributed by atoms with van der Waals surface area (Å²) in [5.74, 6) is -12.5. The molecule has 4 saturated heterocycles. The number of cyclic esters (lactones) is 2. The monoisotopic (exact) mass is 1350 g/mol. The van der Waals surface area contributed by atoms with Crippen LogP contribution in [-0.4, -0.2) is 227 Å². The van der Waals surface area contributed by atoms with Gasteiger partial charge in [0.05, 0.1) is 36.5 Å². The number of nitrogen functional groups attached to an aromatic ring is 1. The number of nitrogens with two attached hydrogens (primary N) is 1. The van der Waals surface area contributed by atoms with E-state index in [-0.39, 0.29) is 71.8 Å². The Morgan fingerprint density at radius 1 is 0.639 bits per heavy atom. The lowest BCUT2D eigenvalue weighted by molar-refractivity contribution is -0.163. The average molecular weight is 1360 g/mol. The molecule has 1 aliphatic carbocycles. The van der Waals surface area contributed by atoms with Crippen molar-refractivity contribution in [1.29, 1.82) is 0 Å². The molecule has 97 heavy (non-hydrogen) atoms. The number of likely N-dealkylation sites (N-methyl/N-ethyl adjacent to an activating group) is 4. The molecule has 0 aromatic heterocycles. The minimum absolute atomic E-state index is 0.106. The van der Waals surface area contributed by atoms with Crippen molar-refractivity contribution in [3.05, 3.63) is 38.5 Å². The molecule has 6 aliphatic rings.